The molecule has 0 aliphatic rings. The van der Waals surface area contributed by atoms with Gasteiger partial charge in [-0.2, -0.15) is 0 Å². The van der Waals surface area contributed by atoms with E-state index in [1.807, 2.05) is 56.3 Å². The van der Waals surface area contributed by atoms with Crippen molar-refractivity contribution < 1.29 is 4.79 Å². The molecular weight excluding hydrogens is 342 g/mol. The van der Waals surface area contributed by atoms with Crippen LogP contribution in [-0.4, -0.2) is 5.91 Å². The van der Waals surface area contributed by atoms with E-state index in [1.165, 1.54) is 0 Å². The third-order valence-corrected chi connectivity index (χ3v) is 5.55. The molecule has 0 bridgehead atoms. The van der Waals surface area contributed by atoms with E-state index in [0.717, 1.165) is 25.9 Å². The van der Waals surface area contributed by atoms with Crippen LogP contribution < -0.4 is 10.7 Å². The van der Waals surface area contributed by atoms with Crippen LogP contribution in [0.25, 0.3) is 20.2 Å². The Morgan fingerprint density at radius 1 is 0.808 bits per heavy atom. The fourth-order valence-corrected chi connectivity index (χ4v) is 3.99. The molecule has 128 valence electrons. The molecule has 1 amide bonds. The maximum atomic E-state index is 12.9. The first-order valence-electron chi connectivity index (χ1n) is 8.36. The number of nitrogens with one attached hydrogen (secondary N) is 1. The second kappa shape index (κ2) is 6.39. The van der Waals surface area contributed by atoms with Gasteiger partial charge >= 0.3 is 0 Å². The summed E-state index contributed by atoms with van der Waals surface area (Å²) >= 11 is 1.59. The zero-order chi connectivity index (χ0) is 18.3. The number of benzene rings is 3. The van der Waals surface area contributed by atoms with Crippen LogP contribution in [0.15, 0.2) is 65.5 Å². The van der Waals surface area contributed by atoms with Gasteiger partial charge in [-0.3, -0.25) is 9.59 Å². The molecule has 0 saturated carbocycles. The van der Waals surface area contributed by atoms with Gasteiger partial charge in [0.2, 0.25) is 0 Å². The van der Waals surface area contributed by atoms with Gasteiger partial charge in [0.1, 0.15) is 0 Å². The minimum absolute atomic E-state index is 0.00360. The number of rotatable bonds is 2. The van der Waals surface area contributed by atoms with Crippen molar-refractivity contribution in [3.05, 3.63) is 87.6 Å². The molecule has 0 spiro atoms. The first-order chi connectivity index (χ1) is 12.5. The standard InChI is InChI=1S/C22H17NO2S/c1-13-3-6-15(7-4-13)22(25)23-16-8-10-20-18(12-16)21(24)17-11-14(2)5-9-19(17)26-20/h3-12H,1-2H3,(H,23,25). The molecule has 0 atom stereocenters. The lowest BCUT2D eigenvalue weighted by Gasteiger charge is -2.08. The van der Waals surface area contributed by atoms with Gasteiger partial charge in [0.05, 0.1) is 0 Å². The summed E-state index contributed by atoms with van der Waals surface area (Å²) in [4.78, 5) is 25.3. The number of hydrogen-bond donors (Lipinski definition) is 1. The van der Waals surface area contributed by atoms with E-state index >= 15 is 0 Å². The summed E-state index contributed by atoms with van der Waals surface area (Å²) in [5.41, 5.74) is 3.38. The van der Waals surface area contributed by atoms with Crippen LogP contribution in [0.5, 0.6) is 0 Å². The van der Waals surface area contributed by atoms with E-state index in [0.29, 0.717) is 16.6 Å². The van der Waals surface area contributed by atoms with Crippen LogP contribution in [0.1, 0.15) is 21.5 Å². The number of carbonyl (C=O) groups excluding carboxylic acids is 1. The van der Waals surface area contributed by atoms with Crippen molar-refractivity contribution in [1.29, 1.82) is 0 Å². The number of anilines is 1. The molecule has 4 aromatic rings. The molecule has 3 aromatic carbocycles. The number of hydrogen-bond acceptors (Lipinski definition) is 3. The molecule has 4 rings (SSSR count). The van der Waals surface area contributed by atoms with Crippen molar-refractivity contribution in [2.75, 3.05) is 5.32 Å². The molecule has 0 radical (unpaired) electrons. The summed E-state index contributed by atoms with van der Waals surface area (Å²) in [5, 5.41) is 4.24. The zero-order valence-corrected chi connectivity index (χ0v) is 15.3. The fraction of sp³-hybridized carbons (Fsp3) is 0.0909. The Hall–Kier alpha value is -2.98. The van der Waals surface area contributed by atoms with E-state index < -0.39 is 0 Å². The highest BCUT2D eigenvalue weighted by Crippen LogP contribution is 2.27. The highest BCUT2D eigenvalue weighted by molar-refractivity contribution is 7.24. The van der Waals surface area contributed by atoms with Gasteiger partial charge in [-0.05, 0) is 56.3 Å². The van der Waals surface area contributed by atoms with Gasteiger partial charge in [-0.15, -0.1) is 11.3 Å². The lowest BCUT2D eigenvalue weighted by atomic mass is 10.1. The van der Waals surface area contributed by atoms with E-state index in [1.54, 1.807) is 29.5 Å². The zero-order valence-electron chi connectivity index (χ0n) is 14.5. The summed E-state index contributed by atoms with van der Waals surface area (Å²) < 4.78 is 1.89. The van der Waals surface area contributed by atoms with Gasteiger partial charge in [0.15, 0.2) is 5.43 Å². The van der Waals surface area contributed by atoms with Crippen molar-refractivity contribution in [2.45, 2.75) is 13.8 Å². The lowest BCUT2D eigenvalue weighted by molar-refractivity contribution is 0.102. The van der Waals surface area contributed by atoms with Gasteiger partial charge in [0.25, 0.3) is 5.91 Å². The summed E-state index contributed by atoms with van der Waals surface area (Å²) in [6.45, 7) is 3.96. The Bertz CT molecular complexity index is 1210. The Morgan fingerprint density at radius 3 is 2.15 bits per heavy atom. The smallest absolute Gasteiger partial charge is 0.255 e. The maximum absolute atomic E-state index is 12.9. The number of carbonyl (C=O) groups is 1. The second-order valence-corrected chi connectivity index (χ2v) is 7.55. The predicted octanol–water partition coefficient (Wildman–Crippen LogP) is 5.28. The fourth-order valence-electron chi connectivity index (χ4n) is 2.96. The topological polar surface area (TPSA) is 46.2 Å². The van der Waals surface area contributed by atoms with Crippen LogP contribution >= 0.6 is 11.3 Å². The van der Waals surface area contributed by atoms with Crippen LogP contribution in [0, 0.1) is 13.8 Å². The molecule has 0 aliphatic carbocycles. The van der Waals surface area contributed by atoms with Crippen LogP contribution in [0.2, 0.25) is 0 Å². The molecular formula is C22H17NO2S. The molecule has 0 fully saturated rings. The van der Waals surface area contributed by atoms with Gasteiger partial charge in [-0.1, -0.05) is 29.3 Å². The minimum Gasteiger partial charge on any atom is -0.322 e. The highest BCUT2D eigenvalue weighted by atomic mass is 32.1. The van der Waals surface area contributed by atoms with Crippen LogP contribution in [-0.2, 0) is 0 Å². The van der Waals surface area contributed by atoms with Crippen molar-refractivity contribution >= 4 is 43.1 Å². The largest absolute Gasteiger partial charge is 0.322 e. The summed E-state index contributed by atoms with van der Waals surface area (Å²) in [5.74, 6) is -0.183. The predicted molar refractivity (Wildman–Crippen MR) is 109 cm³/mol. The third-order valence-electron chi connectivity index (χ3n) is 4.40. The van der Waals surface area contributed by atoms with Crippen molar-refractivity contribution in [3.63, 3.8) is 0 Å². The van der Waals surface area contributed by atoms with Gasteiger partial charge < -0.3 is 5.32 Å². The van der Waals surface area contributed by atoms with E-state index in [9.17, 15) is 9.59 Å². The lowest BCUT2D eigenvalue weighted by Crippen LogP contribution is -2.12. The molecule has 4 heteroatoms. The highest BCUT2D eigenvalue weighted by Gasteiger charge is 2.10. The Balaban J connectivity index is 1.76. The molecule has 1 heterocycles. The van der Waals surface area contributed by atoms with E-state index in [2.05, 4.69) is 5.32 Å². The molecule has 0 aliphatic heterocycles. The molecule has 0 unspecified atom stereocenters. The normalized spacial score (nSPS) is 11.0. The van der Waals surface area contributed by atoms with E-state index in [-0.39, 0.29) is 11.3 Å². The second-order valence-electron chi connectivity index (χ2n) is 6.46. The third kappa shape index (κ3) is 3.00. The SMILES string of the molecule is Cc1ccc(C(=O)Nc2ccc3sc4ccc(C)cc4c(=O)c3c2)cc1. The maximum Gasteiger partial charge on any atom is 0.255 e. The van der Waals surface area contributed by atoms with Crippen LogP contribution in [0.4, 0.5) is 5.69 Å². The molecule has 1 aromatic heterocycles. The molecule has 26 heavy (non-hydrogen) atoms. The molecule has 3 nitrogen and oxygen atoms in total. The van der Waals surface area contributed by atoms with Crippen molar-refractivity contribution in [1.82, 2.24) is 0 Å². The number of fused-ring (bicyclic) bond motifs is 2. The van der Waals surface area contributed by atoms with Gasteiger partial charge in [0, 0.05) is 31.4 Å². The van der Waals surface area contributed by atoms with Crippen molar-refractivity contribution in [3.8, 4) is 0 Å². The monoisotopic (exact) mass is 359 g/mol. The number of amides is 1. The number of aryl methyl sites for hydroxylation is 2. The molecule has 0 saturated heterocycles. The Kier molecular flexibility index (Phi) is 4.05. The Morgan fingerprint density at radius 2 is 1.42 bits per heavy atom. The summed E-state index contributed by atoms with van der Waals surface area (Å²) in [6.07, 6.45) is 0. The minimum atomic E-state index is -0.183. The van der Waals surface area contributed by atoms with E-state index in [4.69, 9.17) is 0 Å². The quantitative estimate of drug-likeness (QED) is 0.495. The summed E-state index contributed by atoms with van der Waals surface area (Å²) in [7, 11) is 0. The average Bonchev–Trinajstić information content (AvgIpc) is 2.63. The van der Waals surface area contributed by atoms with Crippen LogP contribution in [0.3, 0.4) is 0 Å². The first kappa shape index (κ1) is 16.5. The first-order valence-corrected chi connectivity index (χ1v) is 9.18. The molecule has 1 N–H and O–H groups in total. The van der Waals surface area contributed by atoms with Gasteiger partial charge in [-0.25, -0.2) is 0 Å². The Labute approximate surface area is 154 Å². The van der Waals surface area contributed by atoms with Crippen molar-refractivity contribution in [2.24, 2.45) is 0 Å². The average molecular weight is 359 g/mol. The summed E-state index contributed by atoms with van der Waals surface area (Å²) in [6, 6.07) is 18.8.